The van der Waals surface area contributed by atoms with E-state index in [1.165, 1.54) is 12.3 Å². The van der Waals surface area contributed by atoms with Gasteiger partial charge < -0.3 is 14.8 Å². The van der Waals surface area contributed by atoms with Crippen molar-refractivity contribution < 1.29 is 19.1 Å². The summed E-state index contributed by atoms with van der Waals surface area (Å²) in [5, 5.41) is 11.9. The van der Waals surface area contributed by atoms with Crippen LogP contribution in [0.3, 0.4) is 0 Å². The average Bonchev–Trinajstić information content (AvgIpc) is 3.16. The van der Waals surface area contributed by atoms with E-state index in [4.69, 9.17) is 16.0 Å². The van der Waals surface area contributed by atoms with Gasteiger partial charge >= 0.3 is 5.97 Å². The number of amides is 1. The van der Waals surface area contributed by atoms with Gasteiger partial charge in [-0.05, 0) is 48.2 Å². The van der Waals surface area contributed by atoms with Gasteiger partial charge in [0.15, 0.2) is 0 Å². The summed E-state index contributed by atoms with van der Waals surface area (Å²) < 4.78 is 4.86. The van der Waals surface area contributed by atoms with Crippen molar-refractivity contribution in [2.45, 2.75) is 18.3 Å². The molecule has 0 unspecified atom stereocenters. The summed E-state index contributed by atoms with van der Waals surface area (Å²) in [7, 11) is 0. The van der Waals surface area contributed by atoms with E-state index in [1.807, 2.05) is 0 Å². The van der Waals surface area contributed by atoms with E-state index in [-0.39, 0.29) is 16.7 Å². The Morgan fingerprint density at radius 2 is 1.86 bits per heavy atom. The number of anilines is 1. The van der Waals surface area contributed by atoms with Crippen molar-refractivity contribution in [3.63, 3.8) is 0 Å². The van der Waals surface area contributed by atoms with Crippen LogP contribution in [0.1, 0.15) is 28.8 Å². The molecule has 0 spiro atoms. The molecule has 0 aliphatic heterocycles. The van der Waals surface area contributed by atoms with Crippen LogP contribution in [0.15, 0.2) is 41.0 Å². The topological polar surface area (TPSA) is 79.5 Å². The number of furan rings is 1. The standard InChI is InChI=1S/C15H12ClNO4/c16-12-11(5-8-21-12)13(18)17-10-3-1-9(2-4-10)15(6-7-15)14(19)20/h1-5,8H,6-7H2,(H,17,18)(H,19,20). The van der Waals surface area contributed by atoms with Crippen LogP contribution in [-0.4, -0.2) is 17.0 Å². The number of carboxylic acids is 1. The number of hydrogen-bond donors (Lipinski definition) is 2. The number of hydrogen-bond acceptors (Lipinski definition) is 3. The highest BCUT2D eigenvalue weighted by Gasteiger charge is 2.51. The third kappa shape index (κ3) is 2.40. The van der Waals surface area contributed by atoms with Gasteiger partial charge in [0, 0.05) is 5.69 Å². The van der Waals surface area contributed by atoms with Crippen molar-refractivity contribution in [2.24, 2.45) is 0 Å². The maximum atomic E-state index is 11.9. The lowest BCUT2D eigenvalue weighted by atomic mass is 9.96. The smallest absolute Gasteiger partial charge is 0.314 e. The summed E-state index contributed by atoms with van der Waals surface area (Å²) in [6.45, 7) is 0. The molecule has 2 N–H and O–H groups in total. The lowest BCUT2D eigenvalue weighted by Crippen LogP contribution is -2.19. The second-order valence-corrected chi connectivity index (χ2v) is 5.37. The van der Waals surface area contributed by atoms with E-state index in [1.54, 1.807) is 24.3 Å². The highest BCUT2D eigenvalue weighted by molar-refractivity contribution is 6.32. The number of aliphatic carboxylic acids is 1. The fraction of sp³-hybridized carbons (Fsp3) is 0.200. The van der Waals surface area contributed by atoms with E-state index in [9.17, 15) is 14.7 Å². The minimum Gasteiger partial charge on any atom is -0.481 e. The molecule has 108 valence electrons. The predicted octanol–water partition coefficient (Wildman–Crippen LogP) is 3.30. The van der Waals surface area contributed by atoms with E-state index in [0.29, 0.717) is 18.5 Å². The first kappa shape index (κ1) is 13.7. The lowest BCUT2D eigenvalue weighted by Gasteiger charge is -2.11. The number of halogens is 1. The molecule has 3 rings (SSSR count). The molecule has 2 aromatic rings. The molecule has 1 heterocycles. The third-order valence-electron chi connectivity index (χ3n) is 3.72. The second-order valence-electron chi connectivity index (χ2n) is 5.03. The van der Waals surface area contributed by atoms with Crippen LogP contribution in [-0.2, 0) is 10.2 Å². The monoisotopic (exact) mass is 305 g/mol. The molecule has 0 bridgehead atoms. The van der Waals surface area contributed by atoms with Gasteiger partial charge in [-0.25, -0.2) is 0 Å². The molecule has 5 nitrogen and oxygen atoms in total. The Labute approximate surface area is 125 Å². The molecule has 0 atom stereocenters. The molecule has 1 aliphatic carbocycles. The summed E-state index contributed by atoms with van der Waals surface area (Å²) in [5.74, 6) is -1.18. The first-order chi connectivity index (χ1) is 10.0. The van der Waals surface area contributed by atoms with Crippen LogP contribution < -0.4 is 5.32 Å². The first-order valence-electron chi connectivity index (χ1n) is 6.41. The summed E-state index contributed by atoms with van der Waals surface area (Å²) in [6, 6.07) is 8.31. The molecule has 1 saturated carbocycles. The molecule has 0 radical (unpaired) electrons. The Kier molecular flexibility index (Phi) is 3.22. The van der Waals surface area contributed by atoms with Gasteiger partial charge in [0.25, 0.3) is 5.91 Å². The number of carboxylic acid groups (broad SMARTS) is 1. The minimum absolute atomic E-state index is 0.0342. The van der Waals surface area contributed by atoms with Gasteiger partial charge in [-0.3, -0.25) is 9.59 Å². The van der Waals surface area contributed by atoms with E-state index in [2.05, 4.69) is 5.32 Å². The summed E-state index contributed by atoms with van der Waals surface area (Å²) in [6.07, 6.45) is 2.64. The minimum atomic E-state index is -0.801. The maximum Gasteiger partial charge on any atom is 0.314 e. The molecular weight excluding hydrogens is 294 g/mol. The normalized spacial score (nSPS) is 15.5. The number of carbonyl (C=O) groups is 2. The van der Waals surface area contributed by atoms with Gasteiger partial charge in [0.2, 0.25) is 5.22 Å². The predicted molar refractivity (Wildman–Crippen MR) is 76.7 cm³/mol. The highest BCUT2D eigenvalue weighted by atomic mass is 35.5. The molecule has 0 saturated heterocycles. The number of benzene rings is 1. The largest absolute Gasteiger partial charge is 0.481 e. The molecule has 1 aromatic carbocycles. The zero-order valence-electron chi connectivity index (χ0n) is 10.9. The zero-order valence-corrected chi connectivity index (χ0v) is 11.7. The SMILES string of the molecule is O=C(Nc1ccc(C2(C(=O)O)CC2)cc1)c1ccoc1Cl. The van der Waals surface area contributed by atoms with E-state index >= 15 is 0 Å². The summed E-state index contributed by atoms with van der Waals surface area (Å²) in [4.78, 5) is 23.2. The van der Waals surface area contributed by atoms with Crippen molar-refractivity contribution >= 4 is 29.2 Å². The zero-order chi connectivity index (χ0) is 15.0. The number of rotatable bonds is 4. The van der Waals surface area contributed by atoms with Crippen molar-refractivity contribution in [2.75, 3.05) is 5.32 Å². The van der Waals surface area contributed by atoms with Gasteiger partial charge in [-0.1, -0.05) is 12.1 Å². The van der Waals surface area contributed by atoms with Crippen LogP contribution in [0.25, 0.3) is 0 Å². The van der Waals surface area contributed by atoms with Crippen molar-refractivity contribution in [3.05, 3.63) is 52.9 Å². The van der Waals surface area contributed by atoms with Crippen LogP contribution in [0.5, 0.6) is 0 Å². The molecule has 1 aromatic heterocycles. The second kappa shape index (κ2) is 4.93. The lowest BCUT2D eigenvalue weighted by molar-refractivity contribution is -0.140. The summed E-state index contributed by atoms with van der Waals surface area (Å²) >= 11 is 5.74. The van der Waals surface area contributed by atoms with Crippen molar-refractivity contribution in [3.8, 4) is 0 Å². The molecule has 1 amide bonds. The van der Waals surface area contributed by atoms with Crippen LogP contribution in [0.2, 0.25) is 5.22 Å². The van der Waals surface area contributed by atoms with Gasteiger partial charge in [0.1, 0.15) is 0 Å². The quantitative estimate of drug-likeness (QED) is 0.908. The Bertz CT molecular complexity index is 701. The first-order valence-corrected chi connectivity index (χ1v) is 6.79. The Balaban J connectivity index is 1.75. The fourth-order valence-corrected chi connectivity index (χ4v) is 2.48. The summed E-state index contributed by atoms with van der Waals surface area (Å²) in [5.41, 5.74) is 0.845. The number of carbonyl (C=O) groups excluding carboxylic acids is 1. The molecule has 1 aliphatic rings. The van der Waals surface area contributed by atoms with E-state index in [0.717, 1.165) is 5.56 Å². The molecule has 1 fully saturated rings. The molecular formula is C15H12ClNO4. The van der Waals surface area contributed by atoms with Crippen molar-refractivity contribution in [1.82, 2.24) is 0 Å². The molecule has 6 heteroatoms. The Morgan fingerprint density at radius 1 is 1.19 bits per heavy atom. The van der Waals surface area contributed by atoms with Gasteiger partial charge in [0.05, 0.1) is 17.2 Å². The average molecular weight is 306 g/mol. The Morgan fingerprint density at radius 3 is 2.33 bits per heavy atom. The van der Waals surface area contributed by atoms with Gasteiger partial charge in [-0.2, -0.15) is 0 Å². The Hall–Kier alpha value is -2.27. The van der Waals surface area contributed by atoms with Crippen molar-refractivity contribution in [1.29, 1.82) is 0 Å². The number of nitrogens with one attached hydrogen (secondary N) is 1. The maximum absolute atomic E-state index is 11.9. The highest BCUT2D eigenvalue weighted by Crippen LogP contribution is 2.48. The molecule has 21 heavy (non-hydrogen) atoms. The van der Waals surface area contributed by atoms with Crippen LogP contribution in [0, 0.1) is 0 Å². The van der Waals surface area contributed by atoms with Crippen LogP contribution in [0.4, 0.5) is 5.69 Å². The fourth-order valence-electron chi connectivity index (χ4n) is 2.28. The third-order valence-corrected chi connectivity index (χ3v) is 4.01. The van der Waals surface area contributed by atoms with Gasteiger partial charge in [-0.15, -0.1) is 0 Å². The van der Waals surface area contributed by atoms with E-state index < -0.39 is 11.4 Å². The van der Waals surface area contributed by atoms with Crippen LogP contribution >= 0.6 is 11.6 Å².